The minimum absolute atomic E-state index is 0.0620. The number of Topliss-reactive ketones (excluding diaryl/α,β-unsaturated/α-hetero) is 1. The fourth-order valence-electron chi connectivity index (χ4n) is 1.31. The monoisotopic (exact) mass is 216 g/mol. The lowest BCUT2D eigenvalue weighted by Crippen LogP contribution is -2.08. The van der Waals surface area contributed by atoms with Crippen LogP contribution in [0.25, 0.3) is 0 Å². The van der Waals surface area contributed by atoms with Crippen molar-refractivity contribution in [3.05, 3.63) is 17.5 Å². The molecule has 0 saturated heterocycles. The van der Waals surface area contributed by atoms with Gasteiger partial charge in [-0.2, -0.15) is 5.10 Å². The summed E-state index contributed by atoms with van der Waals surface area (Å²) in [5.74, 6) is -0.207. The molecule has 0 fully saturated rings. The van der Waals surface area contributed by atoms with Crippen LogP contribution in [0.2, 0.25) is 0 Å². The Balaban J connectivity index is 2.91. The van der Waals surface area contributed by atoms with Crippen molar-refractivity contribution < 1.29 is 13.6 Å². The van der Waals surface area contributed by atoms with Crippen molar-refractivity contribution in [2.45, 2.75) is 33.7 Å². The van der Waals surface area contributed by atoms with Gasteiger partial charge in [0.15, 0.2) is 5.78 Å². The second kappa shape index (κ2) is 4.51. The van der Waals surface area contributed by atoms with E-state index in [1.165, 1.54) is 6.20 Å². The molecule has 0 spiro atoms. The molecule has 0 aliphatic carbocycles. The van der Waals surface area contributed by atoms with Crippen LogP contribution in [0, 0.1) is 12.8 Å². The minimum Gasteiger partial charge on any atom is -0.294 e. The third-order valence-electron chi connectivity index (χ3n) is 2.06. The normalized spacial score (nSPS) is 11.4. The molecule has 0 aliphatic heterocycles. The Morgan fingerprint density at radius 3 is 2.60 bits per heavy atom. The Morgan fingerprint density at radius 2 is 2.13 bits per heavy atom. The Bertz CT molecular complexity index is 358. The standard InChI is InChI=1S/C10H14F2N2O/c1-6(2)10(15)8-4-14(5-9(11)12)13-7(8)3/h4,6,9H,5H2,1-3H3. The van der Waals surface area contributed by atoms with E-state index in [1.54, 1.807) is 20.8 Å². The third-order valence-corrected chi connectivity index (χ3v) is 2.06. The second-order valence-electron chi connectivity index (χ2n) is 3.76. The van der Waals surface area contributed by atoms with E-state index in [0.717, 1.165) is 4.68 Å². The lowest BCUT2D eigenvalue weighted by Gasteiger charge is -2.00. The van der Waals surface area contributed by atoms with Crippen molar-refractivity contribution in [2.24, 2.45) is 5.92 Å². The van der Waals surface area contributed by atoms with Crippen LogP contribution in [0.1, 0.15) is 29.9 Å². The zero-order chi connectivity index (χ0) is 11.6. The van der Waals surface area contributed by atoms with Crippen LogP contribution in [0.5, 0.6) is 0 Å². The van der Waals surface area contributed by atoms with Gasteiger partial charge in [0.1, 0.15) is 6.54 Å². The van der Waals surface area contributed by atoms with Gasteiger partial charge in [-0.05, 0) is 6.92 Å². The summed E-state index contributed by atoms with van der Waals surface area (Å²) < 4.78 is 25.3. The van der Waals surface area contributed by atoms with E-state index < -0.39 is 13.0 Å². The van der Waals surface area contributed by atoms with Crippen molar-refractivity contribution >= 4 is 5.78 Å². The Labute approximate surface area is 87.1 Å². The number of ketones is 1. The van der Waals surface area contributed by atoms with E-state index in [2.05, 4.69) is 5.10 Å². The van der Waals surface area contributed by atoms with E-state index >= 15 is 0 Å². The van der Waals surface area contributed by atoms with E-state index in [1.807, 2.05) is 0 Å². The van der Waals surface area contributed by atoms with Crippen molar-refractivity contribution in [3.63, 3.8) is 0 Å². The van der Waals surface area contributed by atoms with Gasteiger partial charge in [0.05, 0.1) is 11.3 Å². The number of hydrogen-bond donors (Lipinski definition) is 0. The van der Waals surface area contributed by atoms with E-state index in [4.69, 9.17) is 0 Å². The fraction of sp³-hybridized carbons (Fsp3) is 0.600. The topological polar surface area (TPSA) is 34.9 Å². The molecule has 0 aromatic carbocycles. The average Bonchev–Trinajstić information content (AvgIpc) is 2.44. The molecule has 84 valence electrons. The van der Waals surface area contributed by atoms with Gasteiger partial charge in [-0.3, -0.25) is 9.48 Å². The molecule has 0 unspecified atom stereocenters. The summed E-state index contributed by atoms with van der Waals surface area (Å²) in [6.45, 7) is 4.72. The van der Waals surface area contributed by atoms with Crippen molar-refractivity contribution in [2.75, 3.05) is 0 Å². The molecule has 0 saturated carbocycles. The van der Waals surface area contributed by atoms with Gasteiger partial charge in [-0.15, -0.1) is 0 Å². The fourth-order valence-corrected chi connectivity index (χ4v) is 1.31. The number of alkyl halides is 2. The molecule has 0 N–H and O–H groups in total. The number of nitrogens with zero attached hydrogens (tertiary/aromatic N) is 2. The number of aryl methyl sites for hydroxylation is 1. The number of rotatable bonds is 4. The first kappa shape index (κ1) is 11.8. The van der Waals surface area contributed by atoms with Gasteiger partial charge in [0.2, 0.25) is 0 Å². The second-order valence-corrected chi connectivity index (χ2v) is 3.76. The maximum absolute atomic E-state index is 12.1. The Morgan fingerprint density at radius 1 is 1.53 bits per heavy atom. The molecule has 15 heavy (non-hydrogen) atoms. The molecule has 3 nitrogen and oxygen atoms in total. The van der Waals surface area contributed by atoms with Crippen LogP contribution in [0.4, 0.5) is 8.78 Å². The summed E-state index contributed by atoms with van der Waals surface area (Å²) in [5.41, 5.74) is 0.944. The van der Waals surface area contributed by atoms with Crippen LogP contribution < -0.4 is 0 Å². The molecule has 1 heterocycles. The van der Waals surface area contributed by atoms with Crippen molar-refractivity contribution in [1.82, 2.24) is 9.78 Å². The van der Waals surface area contributed by atoms with Gasteiger partial charge < -0.3 is 0 Å². The molecule has 0 amide bonds. The maximum Gasteiger partial charge on any atom is 0.257 e. The summed E-state index contributed by atoms with van der Waals surface area (Å²) in [7, 11) is 0. The SMILES string of the molecule is Cc1nn(CC(F)F)cc1C(=O)C(C)C. The van der Waals surface area contributed by atoms with Crippen LogP contribution in [0.3, 0.4) is 0 Å². The molecule has 0 radical (unpaired) electrons. The Kier molecular flexibility index (Phi) is 3.55. The molecule has 0 atom stereocenters. The number of aromatic nitrogens is 2. The Hall–Kier alpha value is -1.26. The molecular formula is C10H14F2N2O. The molecule has 0 bridgehead atoms. The highest BCUT2D eigenvalue weighted by Gasteiger charge is 2.17. The predicted octanol–water partition coefficient (Wildman–Crippen LogP) is 2.30. The third kappa shape index (κ3) is 2.84. The smallest absolute Gasteiger partial charge is 0.257 e. The zero-order valence-electron chi connectivity index (χ0n) is 9.00. The van der Waals surface area contributed by atoms with E-state index in [0.29, 0.717) is 11.3 Å². The van der Waals surface area contributed by atoms with E-state index in [9.17, 15) is 13.6 Å². The van der Waals surface area contributed by atoms with Crippen LogP contribution in [-0.4, -0.2) is 22.0 Å². The van der Waals surface area contributed by atoms with Gasteiger partial charge in [-0.25, -0.2) is 8.78 Å². The maximum atomic E-state index is 12.1. The first-order valence-electron chi connectivity index (χ1n) is 4.78. The van der Waals surface area contributed by atoms with Gasteiger partial charge >= 0.3 is 0 Å². The summed E-state index contributed by atoms with van der Waals surface area (Å²) >= 11 is 0. The lowest BCUT2D eigenvalue weighted by atomic mass is 10.0. The molecule has 1 aromatic heterocycles. The first-order chi connectivity index (χ1) is 6.91. The first-order valence-corrected chi connectivity index (χ1v) is 4.78. The summed E-state index contributed by atoms with van der Waals surface area (Å²) in [4.78, 5) is 11.6. The average molecular weight is 216 g/mol. The number of carbonyl (C=O) groups is 1. The largest absolute Gasteiger partial charge is 0.294 e. The number of carbonyl (C=O) groups excluding carboxylic acids is 1. The lowest BCUT2D eigenvalue weighted by molar-refractivity contribution is 0.0937. The van der Waals surface area contributed by atoms with Crippen LogP contribution in [0.15, 0.2) is 6.20 Å². The zero-order valence-corrected chi connectivity index (χ0v) is 9.00. The van der Waals surface area contributed by atoms with Gasteiger partial charge in [-0.1, -0.05) is 13.8 Å². The molecule has 1 rings (SSSR count). The molecule has 0 aliphatic rings. The summed E-state index contributed by atoms with van der Waals surface area (Å²) in [6, 6.07) is 0. The van der Waals surface area contributed by atoms with Gasteiger partial charge in [0.25, 0.3) is 6.43 Å². The highest BCUT2D eigenvalue weighted by Crippen LogP contribution is 2.12. The number of hydrogen-bond acceptors (Lipinski definition) is 2. The van der Waals surface area contributed by atoms with Crippen molar-refractivity contribution in [3.8, 4) is 0 Å². The van der Waals surface area contributed by atoms with Crippen molar-refractivity contribution in [1.29, 1.82) is 0 Å². The van der Waals surface area contributed by atoms with Gasteiger partial charge in [0, 0.05) is 12.1 Å². The molecule has 1 aromatic rings. The summed E-state index contributed by atoms with van der Waals surface area (Å²) in [5, 5.41) is 3.87. The highest BCUT2D eigenvalue weighted by molar-refractivity contribution is 5.98. The molecular weight excluding hydrogens is 202 g/mol. The quantitative estimate of drug-likeness (QED) is 0.724. The number of halogens is 2. The highest BCUT2D eigenvalue weighted by atomic mass is 19.3. The minimum atomic E-state index is -2.45. The molecule has 5 heteroatoms. The predicted molar refractivity (Wildman–Crippen MR) is 52.1 cm³/mol. The van der Waals surface area contributed by atoms with Crippen LogP contribution in [-0.2, 0) is 6.54 Å². The van der Waals surface area contributed by atoms with Crippen LogP contribution >= 0.6 is 0 Å². The van der Waals surface area contributed by atoms with E-state index in [-0.39, 0.29) is 11.7 Å². The summed E-state index contributed by atoms with van der Waals surface area (Å²) in [6.07, 6.45) is -1.06.